The van der Waals surface area contributed by atoms with Crippen LogP contribution >= 0.6 is 24.1 Å². The average Bonchev–Trinajstić information content (AvgIpc) is 2.26. The second-order valence-electron chi connectivity index (χ2n) is 3.83. The molecule has 0 aliphatic carbocycles. The molecule has 0 spiro atoms. The van der Waals surface area contributed by atoms with Gasteiger partial charge in [-0.3, -0.25) is 0 Å². The van der Waals surface area contributed by atoms with Crippen LogP contribution in [0.1, 0.15) is 65.2 Å². The predicted octanol–water partition coefficient (Wildman–Crippen LogP) is 5.46. The van der Waals surface area contributed by atoms with Crippen molar-refractivity contribution in [1.82, 2.24) is 0 Å². The predicted molar refractivity (Wildman–Crippen MR) is 74.3 cm³/mol. The largest absolute Gasteiger partial charge is 0.247 e. The van der Waals surface area contributed by atoms with Gasteiger partial charge in [0.2, 0.25) is 0 Å². The number of hydrogen-bond acceptors (Lipinski definition) is 3. The smallest absolute Gasteiger partial charge is 0.0210 e. The molecule has 0 bridgehead atoms. The van der Waals surface area contributed by atoms with Gasteiger partial charge in [0.25, 0.3) is 0 Å². The third-order valence-electron chi connectivity index (χ3n) is 2.26. The van der Waals surface area contributed by atoms with Crippen LogP contribution in [0.4, 0.5) is 0 Å². The Bertz CT molecular complexity index is 97.8. The van der Waals surface area contributed by atoms with E-state index < -0.39 is 0 Å². The third-order valence-corrected chi connectivity index (χ3v) is 3.94. The summed E-state index contributed by atoms with van der Waals surface area (Å²) in [4.78, 5) is 0. The van der Waals surface area contributed by atoms with E-state index in [0.29, 0.717) is 0 Å². The fourth-order valence-corrected chi connectivity index (χ4v) is 2.74. The zero-order valence-corrected chi connectivity index (χ0v) is 11.9. The molecular weight excluding hydrogens is 224 g/mol. The summed E-state index contributed by atoms with van der Waals surface area (Å²) in [6.07, 6.45) is 10.7. The Morgan fingerprint density at radius 3 is 1.53 bits per heavy atom. The minimum Gasteiger partial charge on any atom is -0.247 e. The number of unbranched alkanes of at least 4 members (excludes halogenated alkanes) is 6. The molecular formula is C12H26OS2. The lowest BCUT2D eigenvalue weighted by Crippen LogP contribution is -1.83. The molecule has 0 saturated carbocycles. The molecule has 0 aromatic heterocycles. The van der Waals surface area contributed by atoms with Crippen molar-refractivity contribution in [2.45, 2.75) is 65.2 Å². The lowest BCUT2D eigenvalue weighted by atomic mass is 10.2. The summed E-state index contributed by atoms with van der Waals surface area (Å²) < 4.78 is 5.43. The van der Waals surface area contributed by atoms with Crippen molar-refractivity contribution in [3.05, 3.63) is 0 Å². The molecule has 0 atom stereocenters. The molecule has 0 aromatic rings. The maximum absolute atomic E-state index is 5.43. The van der Waals surface area contributed by atoms with Crippen LogP contribution in [0.5, 0.6) is 0 Å². The van der Waals surface area contributed by atoms with Gasteiger partial charge in [0.1, 0.15) is 0 Å². The van der Waals surface area contributed by atoms with Crippen molar-refractivity contribution in [2.75, 3.05) is 11.5 Å². The average molecular weight is 250 g/mol. The first-order valence-electron chi connectivity index (χ1n) is 6.32. The molecule has 1 nitrogen and oxygen atoms in total. The molecule has 0 aliphatic heterocycles. The first-order valence-corrected chi connectivity index (χ1v) is 8.15. The van der Waals surface area contributed by atoms with Crippen LogP contribution in [0.15, 0.2) is 0 Å². The second-order valence-corrected chi connectivity index (χ2v) is 5.67. The summed E-state index contributed by atoms with van der Waals surface area (Å²) in [6.45, 7) is 4.49. The molecule has 0 aromatic carbocycles. The van der Waals surface area contributed by atoms with Gasteiger partial charge in [-0.1, -0.05) is 52.4 Å². The zero-order chi connectivity index (χ0) is 11.2. The van der Waals surface area contributed by atoms with Crippen molar-refractivity contribution in [2.24, 2.45) is 0 Å². The van der Waals surface area contributed by atoms with E-state index in [-0.39, 0.29) is 0 Å². The summed E-state index contributed by atoms with van der Waals surface area (Å²) in [5.41, 5.74) is 0. The molecule has 0 rings (SSSR count). The van der Waals surface area contributed by atoms with Gasteiger partial charge in [0, 0.05) is 35.6 Å². The highest BCUT2D eigenvalue weighted by Crippen LogP contribution is 2.18. The van der Waals surface area contributed by atoms with Crippen LogP contribution < -0.4 is 0 Å². The van der Waals surface area contributed by atoms with Crippen LogP contribution in [0.2, 0.25) is 0 Å². The summed E-state index contributed by atoms with van der Waals surface area (Å²) in [5.74, 6) is 2.31. The maximum Gasteiger partial charge on any atom is 0.0210 e. The van der Waals surface area contributed by atoms with Gasteiger partial charge in [-0.05, 0) is 12.8 Å². The second kappa shape index (κ2) is 14.7. The highest BCUT2D eigenvalue weighted by atomic mass is 32.2. The van der Waals surface area contributed by atoms with Gasteiger partial charge in [-0.2, -0.15) is 0 Å². The summed E-state index contributed by atoms with van der Waals surface area (Å²) in [7, 11) is 0. The zero-order valence-electron chi connectivity index (χ0n) is 10.3. The lowest BCUT2D eigenvalue weighted by molar-refractivity contribution is 0.684. The summed E-state index contributed by atoms with van der Waals surface area (Å²) in [5, 5.41) is 0. The monoisotopic (exact) mass is 250 g/mol. The molecule has 0 fully saturated rings. The van der Waals surface area contributed by atoms with E-state index in [4.69, 9.17) is 3.63 Å². The van der Waals surface area contributed by atoms with Crippen molar-refractivity contribution in [3.63, 3.8) is 0 Å². The fourth-order valence-electron chi connectivity index (χ4n) is 1.28. The van der Waals surface area contributed by atoms with Gasteiger partial charge in [0.15, 0.2) is 0 Å². The molecule has 0 amide bonds. The van der Waals surface area contributed by atoms with Gasteiger partial charge >= 0.3 is 0 Å². The Kier molecular flexibility index (Phi) is 15.3. The van der Waals surface area contributed by atoms with E-state index in [1.54, 1.807) is 24.1 Å². The summed E-state index contributed by atoms with van der Waals surface area (Å²) in [6, 6.07) is 0. The quantitative estimate of drug-likeness (QED) is 0.336. The van der Waals surface area contributed by atoms with Crippen molar-refractivity contribution >= 4 is 24.1 Å². The normalized spacial score (nSPS) is 10.8. The van der Waals surface area contributed by atoms with Crippen LogP contribution in [-0.4, -0.2) is 11.5 Å². The first kappa shape index (κ1) is 15.7. The molecule has 3 heteroatoms. The van der Waals surface area contributed by atoms with E-state index in [1.165, 1.54) is 51.4 Å². The summed E-state index contributed by atoms with van der Waals surface area (Å²) >= 11 is 3.26. The number of hydrogen-bond donors (Lipinski definition) is 0. The van der Waals surface area contributed by atoms with Gasteiger partial charge in [0.05, 0.1) is 0 Å². The molecule has 0 saturated heterocycles. The van der Waals surface area contributed by atoms with Crippen molar-refractivity contribution in [3.8, 4) is 0 Å². The van der Waals surface area contributed by atoms with E-state index in [2.05, 4.69) is 13.8 Å². The Labute approximate surface area is 105 Å². The van der Waals surface area contributed by atoms with Crippen molar-refractivity contribution in [1.29, 1.82) is 0 Å². The standard InChI is InChI=1S/C12H26OS2/c1-3-5-7-9-11-14-13-15-12-10-8-6-4-2/h3-12H2,1-2H3. The van der Waals surface area contributed by atoms with E-state index in [1.807, 2.05) is 0 Å². The molecule has 0 N–H and O–H groups in total. The first-order chi connectivity index (χ1) is 7.41. The highest BCUT2D eigenvalue weighted by Gasteiger charge is 1.93. The van der Waals surface area contributed by atoms with Gasteiger partial charge < -0.3 is 0 Å². The highest BCUT2D eigenvalue weighted by molar-refractivity contribution is 8.07. The third kappa shape index (κ3) is 14.7. The lowest BCUT2D eigenvalue weighted by Gasteiger charge is -2.01. The maximum atomic E-state index is 5.43. The molecule has 0 unspecified atom stereocenters. The van der Waals surface area contributed by atoms with Crippen molar-refractivity contribution < 1.29 is 3.63 Å². The van der Waals surface area contributed by atoms with Gasteiger partial charge in [-0.25, -0.2) is 3.63 Å². The van der Waals surface area contributed by atoms with E-state index >= 15 is 0 Å². The Morgan fingerprint density at radius 2 is 1.13 bits per heavy atom. The Morgan fingerprint density at radius 1 is 0.667 bits per heavy atom. The van der Waals surface area contributed by atoms with Crippen LogP contribution in [0.25, 0.3) is 0 Å². The fraction of sp³-hybridized carbons (Fsp3) is 1.00. The minimum atomic E-state index is 1.15. The Hall–Kier alpha value is 0.660. The molecule has 92 valence electrons. The SMILES string of the molecule is CCCCCCSOSCCCCCC. The topological polar surface area (TPSA) is 9.23 Å². The van der Waals surface area contributed by atoms with Crippen LogP contribution in [0.3, 0.4) is 0 Å². The number of rotatable bonds is 12. The minimum absolute atomic E-state index is 1.15. The Balaban J connectivity index is 2.81. The molecule has 0 heterocycles. The van der Waals surface area contributed by atoms with Gasteiger partial charge in [-0.15, -0.1) is 0 Å². The molecule has 15 heavy (non-hydrogen) atoms. The molecule has 0 radical (unpaired) electrons. The molecule has 0 aliphatic rings. The van der Waals surface area contributed by atoms with E-state index in [0.717, 1.165) is 11.5 Å². The van der Waals surface area contributed by atoms with Crippen LogP contribution in [0, 0.1) is 0 Å². The van der Waals surface area contributed by atoms with E-state index in [9.17, 15) is 0 Å². The van der Waals surface area contributed by atoms with Crippen LogP contribution in [-0.2, 0) is 3.63 Å².